The van der Waals surface area contributed by atoms with Gasteiger partial charge in [-0.2, -0.15) is 0 Å². The van der Waals surface area contributed by atoms with E-state index in [1.54, 1.807) is 0 Å². The Labute approximate surface area is 105 Å². The van der Waals surface area contributed by atoms with Crippen LogP contribution in [0.25, 0.3) is 0 Å². The van der Waals surface area contributed by atoms with Crippen molar-refractivity contribution in [2.75, 3.05) is 5.32 Å². The fraction of sp³-hybridized carbons (Fsp3) is 0.462. The van der Waals surface area contributed by atoms with Gasteiger partial charge in [-0.15, -0.1) is 0 Å². The van der Waals surface area contributed by atoms with Crippen LogP contribution in [0.4, 0.5) is 5.69 Å². The summed E-state index contributed by atoms with van der Waals surface area (Å²) in [6, 6.07) is 5.99. The van der Waals surface area contributed by atoms with Crippen molar-refractivity contribution in [3.63, 3.8) is 0 Å². The molecule has 1 aromatic carbocycles. The van der Waals surface area contributed by atoms with E-state index in [4.69, 9.17) is 0 Å². The lowest BCUT2D eigenvalue weighted by Gasteiger charge is -2.10. The molecule has 1 aromatic rings. The molecular formula is C13H16BrNO. The van der Waals surface area contributed by atoms with E-state index in [-0.39, 0.29) is 11.8 Å². The van der Waals surface area contributed by atoms with Crippen LogP contribution in [-0.2, 0) is 11.2 Å². The molecule has 16 heavy (non-hydrogen) atoms. The highest BCUT2D eigenvalue weighted by atomic mass is 79.9. The first-order valence-corrected chi connectivity index (χ1v) is 6.50. The first-order valence-electron chi connectivity index (χ1n) is 5.71. The maximum atomic E-state index is 11.8. The van der Waals surface area contributed by atoms with Gasteiger partial charge in [-0.25, -0.2) is 0 Å². The van der Waals surface area contributed by atoms with Gasteiger partial charge in [0.1, 0.15) is 0 Å². The van der Waals surface area contributed by atoms with E-state index < -0.39 is 0 Å². The molecule has 0 aromatic heterocycles. The molecule has 0 spiro atoms. The zero-order valence-corrected chi connectivity index (χ0v) is 11.2. The molecule has 2 rings (SSSR count). The molecule has 1 amide bonds. The normalized spacial score (nSPS) is 22.9. The largest absolute Gasteiger partial charge is 0.326 e. The number of hydrogen-bond donors (Lipinski definition) is 1. The number of anilines is 1. The van der Waals surface area contributed by atoms with Gasteiger partial charge in [0, 0.05) is 16.1 Å². The predicted octanol–water partition coefficient (Wildman–Crippen LogP) is 3.61. The number of hydrogen-bond acceptors (Lipinski definition) is 1. The van der Waals surface area contributed by atoms with Crippen molar-refractivity contribution < 1.29 is 4.79 Å². The standard InChI is InChI=1S/C13H16BrNO/c1-3-9-7-10(14)4-5-12(9)15-13(16)11-6-8(11)2/h4-5,7-8,11H,3,6H2,1-2H3,(H,15,16). The second-order valence-electron chi connectivity index (χ2n) is 4.46. The Morgan fingerprint density at radius 1 is 1.56 bits per heavy atom. The van der Waals surface area contributed by atoms with Gasteiger partial charge in [0.05, 0.1) is 0 Å². The van der Waals surface area contributed by atoms with Crippen LogP contribution in [-0.4, -0.2) is 5.91 Å². The molecule has 0 radical (unpaired) electrons. The molecule has 1 aliphatic carbocycles. The van der Waals surface area contributed by atoms with Crippen LogP contribution in [0.3, 0.4) is 0 Å². The van der Waals surface area contributed by atoms with Gasteiger partial charge in [0.25, 0.3) is 0 Å². The third-order valence-corrected chi connectivity index (χ3v) is 3.65. The van der Waals surface area contributed by atoms with Gasteiger partial charge in [0.2, 0.25) is 5.91 Å². The average Bonchev–Trinajstić information content (AvgIpc) is 2.98. The van der Waals surface area contributed by atoms with Gasteiger partial charge >= 0.3 is 0 Å². The van der Waals surface area contributed by atoms with Crippen molar-refractivity contribution in [1.29, 1.82) is 0 Å². The summed E-state index contributed by atoms with van der Waals surface area (Å²) in [5, 5.41) is 3.02. The third-order valence-electron chi connectivity index (χ3n) is 3.15. The maximum Gasteiger partial charge on any atom is 0.227 e. The number of benzene rings is 1. The molecule has 0 heterocycles. The number of carbonyl (C=O) groups is 1. The number of halogens is 1. The topological polar surface area (TPSA) is 29.1 Å². The highest BCUT2D eigenvalue weighted by Crippen LogP contribution is 2.38. The highest BCUT2D eigenvalue weighted by Gasteiger charge is 2.39. The molecule has 1 saturated carbocycles. The molecular weight excluding hydrogens is 266 g/mol. The SMILES string of the molecule is CCc1cc(Br)ccc1NC(=O)C1CC1C. The number of nitrogens with one attached hydrogen (secondary N) is 1. The Morgan fingerprint density at radius 3 is 2.81 bits per heavy atom. The van der Waals surface area contributed by atoms with E-state index >= 15 is 0 Å². The van der Waals surface area contributed by atoms with Crippen molar-refractivity contribution in [2.24, 2.45) is 11.8 Å². The summed E-state index contributed by atoms with van der Waals surface area (Å²) in [5.74, 6) is 0.957. The van der Waals surface area contributed by atoms with Crippen LogP contribution in [0.15, 0.2) is 22.7 Å². The lowest BCUT2D eigenvalue weighted by molar-refractivity contribution is -0.117. The third kappa shape index (κ3) is 2.46. The van der Waals surface area contributed by atoms with Gasteiger partial charge < -0.3 is 5.32 Å². The molecule has 0 bridgehead atoms. The molecule has 0 aliphatic heterocycles. The molecule has 1 N–H and O–H groups in total. The molecule has 2 atom stereocenters. The first-order chi connectivity index (χ1) is 7.61. The summed E-state index contributed by atoms with van der Waals surface area (Å²) in [7, 11) is 0. The molecule has 1 aliphatic rings. The Bertz CT molecular complexity index is 416. The minimum absolute atomic E-state index is 0.171. The van der Waals surface area contributed by atoms with Crippen molar-refractivity contribution in [3.05, 3.63) is 28.2 Å². The number of rotatable bonds is 3. The minimum atomic E-state index is 0.171. The van der Waals surface area contributed by atoms with E-state index in [1.807, 2.05) is 12.1 Å². The monoisotopic (exact) mass is 281 g/mol. The summed E-state index contributed by atoms with van der Waals surface area (Å²) in [6.45, 7) is 4.21. The molecule has 0 saturated heterocycles. The second kappa shape index (κ2) is 4.58. The predicted molar refractivity (Wildman–Crippen MR) is 69.4 cm³/mol. The van der Waals surface area contributed by atoms with Gasteiger partial charge in [-0.3, -0.25) is 4.79 Å². The molecule has 3 heteroatoms. The Hall–Kier alpha value is -0.830. The number of carbonyl (C=O) groups excluding carboxylic acids is 1. The van der Waals surface area contributed by atoms with Gasteiger partial charge in [0.15, 0.2) is 0 Å². The summed E-state index contributed by atoms with van der Waals surface area (Å²) >= 11 is 3.44. The van der Waals surface area contributed by atoms with Crippen LogP contribution < -0.4 is 5.32 Å². The van der Waals surface area contributed by atoms with Crippen LogP contribution >= 0.6 is 15.9 Å². The average molecular weight is 282 g/mol. The number of aryl methyl sites for hydroxylation is 1. The lowest BCUT2D eigenvalue weighted by Crippen LogP contribution is -2.15. The summed E-state index contributed by atoms with van der Waals surface area (Å²) < 4.78 is 1.06. The minimum Gasteiger partial charge on any atom is -0.326 e. The summed E-state index contributed by atoms with van der Waals surface area (Å²) in [4.78, 5) is 11.8. The van der Waals surface area contributed by atoms with Crippen molar-refractivity contribution in [2.45, 2.75) is 26.7 Å². The maximum absolute atomic E-state index is 11.8. The second-order valence-corrected chi connectivity index (χ2v) is 5.38. The van der Waals surface area contributed by atoms with Crippen LogP contribution in [0.2, 0.25) is 0 Å². The van der Waals surface area contributed by atoms with Crippen molar-refractivity contribution in [1.82, 2.24) is 0 Å². The summed E-state index contributed by atoms with van der Waals surface area (Å²) in [5.41, 5.74) is 2.13. The zero-order chi connectivity index (χ0) is 11.7. The first kappa shape index (κ1) is 11.6. The zero-order valence-electron chi connectivity index (χ0n) is 9.59. The lowest BCUT2D eigenvalue weighted by atomic mass is 10.1. The summed E-state index contributed by atoms with van der Waals surface area (Å²) in [6.07, 6.45) is 1.96. The van der Waals surface area contributed by atoms with Crippen molar-refractivity contribution >= 4 is 27.5 Å². The molecule has 86 valence electrons. The van der Waals surface area contributed by atoms with Gasteiger partial charge in [-0.1, -0.05) is 29.8 Å². The van der Waals surface area contributed by atoms with E-state index in [0.29, 0.717) is 5.92 Å². The fourth-order valence-electron chi connectivity index (χ4n) is 1.89. The molecule has 2 unspecified atom stereocenters. The van der Waals surface area contributed by atoms with Crippen LogP contribution in [0.1, 0.15) is 25.8 Å². The van der Waals surface area contributed by atoms with E-state index in [9.17, 15) is 4.79 Å². The Kier molecular flexibility index (Phi) is 3.33. The Balaban J connectivity index is 2.11. The quantitative estimate of drug-likeness (QED) is 0.901. The smallest absolute Gasteiger partial charge is 0.227 e. The van der Waals surface area contributed by atoms with Crippen LogP contribution in [0, 0.1) is 11.8 Å². The fourth-order valence-corrected chi connectivity index (χ4v) is 2.30. The van der Waals surface area contributed by atoms with E-state index in [2.05, 4.69) is 41.2 Å². The molecule has 2 nitrogen and oxygen atoms in total. The van der Waals surface area contributed by atoms with E-state index in [1.165, 1.54) is 5.56 Å². The van der Waals surface area contributed by atoms with Gasteiger partial charge in [-0.05, 0) is 42.5 Å². The van der Waals surface area contributed by atoms with Crippen LogP contribution in [0.5, 0.6) is 0 Å². The highest BCUT2D eigenvalue weighted by molar-refractivity contribution is 9.10. The number of amides is 1. The molecule has 1 fully saturated rings. The van der Waals surface area contributed by atoms with E-state index in [0.717, 1.165) is 23.0 Å². The Morgan fingerprint density at radius 2 is 2.25 bits per heavy atom. The van der Waals surface area contributed by atoms with Crippen molar-refractivity contribution in [3.8, 4) is 0 Å².